The Morgan fingerprint density at radius 3 is 2.81 bits per heavy atom. The van der Waals surface area contributed by atoms with Crippen molar-refractivity contribution in [2.24, 2.45) is 0 Å². The lowest BCUT2D eigenvalue weighted by atomic mass is 10.2. The first-order valence-electron chi connectivity index (χ1n) is 5.80. The van der Waals surface area contributed by atoms with Gasteiger partial charge in [0.25, 0.3) is 0 Å². The van der Waals surface area contributed by atoms with Gasteiger partial charge in [-0.1, -0.05) is 38.6 Å². The topological polar surface area (TPSA) is 18.5 Å². The second-order valence-corrected chi connectivity index (χ2v) is 3.60. The van der Waals surface area contributed by atoms with E-state index in [9.17, 15) is 0 Å². The Morgan fingerprint density at radius 1 is 1.38 bits per heavy atom. The van der Waals surface area contributed by atoms with Crippen LogP contribution in [0.4, 0.5) is 0 Å². The average Bonchev–Trinajstić information content (AvgIpc) is 2.34. The summed E-state index contributed by atoms with van der Waals surface area (Å²) in [4.78, 5) is 0. The second kappa shape index (κ2) is 7.07. The maximum Gasteiger partial charge on any atom is 0.199 e. The van der Waals surface area contributed by atoms with Crippen LogP contribution in [0.25, 0.3) is 6.08 Å². The zero-order chi connectivity index (χ0) is 11.8. The number of hydrogen-bond donors (Lipinski definition) is 0. The SMILES string of the molecule is C=Cc1cccc(OC(CC)OCCC)c1. The monoisotopic (exact) mass is 220 g/mol. The highest BCUT2D eigenvalue weighted by atomic mass is 16.7. The van der Waals surface area contributed by atoms with Crippen LogP contribution in [0.1, 0.15) is 32.3 Å². The predicted molar refractivity (Wildman–Crippen MR) is 67.5 cm³/mol. The van der Waals surface area contributed by atoms with Crippen molar-refractivity contribution < 1.29 is 9.47 Å². The molecule has 2 nitrogen and oxygen atoms in total. The zero-order valence-corrected chi connectivity index (χ0v) is 10.1. The van der Waals surface area contributed by atoms with Gasteiger partial charge in [-0.3, -0.25) is 0 Å². The van der Waals surface area contributed by atoms with Crippen LogP contribution >= 0.6 is 0 Å². The van der Waals surface area contributed by atoms with E-state index < -0.39 is 0 Å². The minimum absolute atomic E-state index is 0.153. The van der Waals surface area contributed by atoms with Crippen molar-refractivity contribution in [3.63, 3.8) is 0 Å². The minimum Gasteiger partial charge on any atom is -0.465 e. The molecule has 0 amide bonds. The molecule has 0 saturated heterocycles. The maximum atomic E-state index is 5.74. The molecule has 0 radical (unpaired) electrons. The van der Waals surface area contributed by atoms with Gasteiger partial charge in [-0.25, -0.2) is 0 Å². The van der Waals surface area contributed by atoms with E-state index in [1.807, 2.05) is 24.3 Å². The van der Waals surface area contributed by atoms with E-state index in [-0.39, 0.29) is 6.29 Å². The van der Waals surface area contributed by atoms with Crippen molar-refractivity contribution in [2.75, 3.05) is 6.61 Å². The molecule has 0 aliphatic carbocycles. The van der Waals surface area contributed by atoms with Crippen LogP contribution in [0.2, 0.25) is 0 Å². The fourth-order valence-corrected chi connectivity index (χ4v) is 1.35. The second-order valence-electron chi connectivity index (χ2n) is 3.60. The van der Waals surface area contributed by atoms with Crippen LogP contribution in [-0.2, 0) is 4.74 Å². The molecular weight excluding hydrogens is 200 g/mol. The molecule has 16 heavy (non-hydrogen) atoms. The summed E-state index contributed by atoms with van der Waals surface area (Å²) in [5.41, 5.74) is 1.06. The van der Waals surface area contributed by atoms with Crippen LogP contribution in [0, 0.1) is 0 Å². The predicted octanol–water partition coefficient (Wildman–Crippen LogP) is 3.87. The molecule has 0 aliphatic heterocycles. The summed E-state index contributed by atoms with van der Waals surface area (Å²) in [5, 5.41) is 0. The first kappa shape index (κ1) is 12.8. The molecule has 88 valence electrons. The molecule has 0 fully saturated rings. The van der Waals surface area contributed by atoms with Gasteiger partial charge in [-0.2, -0.15) is 0 Å². The van der Waals surface area contributed by atoms with Gasteiger partial charge in [0.1, 0.15) is 5.75 Å². The van der Waals surface area contributed by atoms with Gasteiger partial charge in [0.15, 0.2) is 6.29 Å². The van der Waals surface area contributed by atoms with Crippen molar-refractivity contribution in [3.05, 3.63) is 36.4 Å². The summed E-state index contributed by atoms with van der Waals surface area (Å²) in [6.45, 7) is 8.61. The summed E-state index contributed by atoms with van der Waals surface area (Å²) in [5.74, 6) is 0.834. The number of benzene rings is 1. The molecular formula is C14H20O2. The average molecular weight is 220 g/mol. The van der Waals surface area contributed by atoms with E-state index >= 15 is 0 Å². The normalized spacial score (nSPS) is 12.1. The molecule has 1 unspecified atom stereocenters. The largest absolute Gasteiger partial charge is 0.465 e. The van der Waals surface area contributed by atoms with E-state index in [4.69, 9.17) is 9.47 Å². The molecule has 1 aromatic rings. The highest BCUT2D eigenvalue weighted by Crippen LogP contribution is 2.17. The molecule has 0 bridgehead atoms. The number of rotatable bonds is 7. The van der Waals surface area contributed by atoms with E-state index in [1.54, 1.807) is 6.08 Å². The van der Waals surface area contributed by atoms with Crippen LogP contribution in [0.15, 0.2) is 30.8 Å². The highest BCUT2D eigenvalue weighted by molar-refractivity contribution is 5.49. The molecule has 1 aromatic carbocycles. The minimum atomic E-state index is -0.153. The Labute approximate surface area is 97.9 Å². The molecule has 0 N–H and O–H groups in total. The Morgan fingerprint density at radius 2 is 2.19 bits per heavy atom. The lowest BCUT2D eigenvalue weighted by Crippen LogP contribution is -2.19. The first-order valence-corrected chi connectivity index (χ1v) is 5.80. The van der Waals surface area contributed by atoms with Crippen molar-refractivity contribution in [1.29, 1.82) is 0 Å². The fourth-order valence-electron chi connectivity index (χ4n) is 1.35. The molecule has 0 aromatic heterocycles. The number of hydrogen-bond acceptors (Lipinski definition) is 2. The fraction of sp³-hybridized carbons (Fsp3) is 0.429. The van der Waals surface area contributed by atoms with Crippen molar-refractivity contribution in [2.45, 2.75) is 33.0 Å². The molecule has 1 rings (SSSR count). The van der Waals surface area contributed by atoms with Crippen molar-refractivity contribution in [1.82, 2.24) is 0 Å². The Kier molecular flexibility index (Phi) is 5.65. The Hall–Kier alpha value is -1.28. The third kappa shape index (κ3) is 4.07. The van der Waals surface area contributed by atoms with E-state index in [0.29, 0.717) is 0 Å². The molecule has 0 saturated carbocycles. The zero-order valence-electron chi connectivity index (χ0n) is 10.1. The van der Waals surface area contributed by atoms with E-state index in [2.05, 4.69) is 20.4 Å². The molecule has 2 heteroatoms. The molecule has 0 heterocycles. The van der Waals surface area contributed by atoms with E-state index in [1.165, 1.54) is 0 Å². The smallest absolute Gasteiger partial charge is 0.199 e. The summed E-state index contributed by atoms with van der Waals surface area (Å²) in [7, 11) is 0. The molecule has 0 aliphatic rings. The van der Waals surface area contributed by atoms with Gasteiger partial charge < -0.3 is 9.47 Å². The lowest BCUT2D eigenvalue weighted by molar-refractivity contribution is -0.0812. The van der Waals surface area contributed by atoms with Gasteiger partial charge >= 0.3 is 0 Å². The summed E-state index contributed by atoms with van der Waals surface area (Å²) < 4.78 is 11.3. The Bertz CT molecular complexity index is 320. The van der Waals surface area contributed by atoms with Crippen LogP contribution < -0.4 is 4.74 Å². The van der Waals surface area contributed by atoms with Gasteiger partial charge in [0.2, 0.25) is 0 Å². The van der Waals surface area contributed by atoms with Crippen LogP contribution in [-0.4, -0.2) is 12.9 Å². The third-order valence-corrected chi connectivity index (χ3v) is 2.20. The third-order valence-electron chi connectivity index (χ3n) is 2.20. The van der Waals surface area contributed by atoms with Gasteiger partial charge in [0.05, 0.1) is 6.61 Å². The highest BCUT2D eigenvalue weighted by Gasteiger charge is 2.07. The Balaban J connectivity index is 2.58. The molecule has 1 atom stereocenters. The number of ether oxygens (including phenoxy) is 2. The van der Waals surface area contributed by atoms with Crippen molar-refractivity contribution >= 4 is 6.08 Å². The summed E-state index contributed by atoms with van der Waals surface area (Å²) in [6, 6.07) is 7.85. The summed E-state index contributed by atoms with van der Waals surface area (Å²) >= 11 is 0. The first-order chi connectivity index (χ1) is 7.80. The molecule has 0 spiro atoms. The van der Waals surface area contributed by atoms with Crippen LogP contribution in [0.5, 0.6) is 5.75 Å². The van der Waals surface area contributed by atoms with Gasteiger partial charge in [-0.15, -0.1) is 0 Å². The van der Waals surface area contributed by atoms with Crippen molar-refractivity contribution in [3.8, 4) is 5.75 Å². The van der Waals surface area contributed by atoms with Crippen LogP contribution in [0.3, 0.4) is 0 Å². The van der Waals surface area contributed by atoms with Gasteiger partial charge in [-0.05, 0) is 24.1 Å². The van der Waals surface area contributed by atoms with E-state index in [0.717, 1.165) is 30.8 Å². The quantitative estimate of drug-likeness (QED) is 0.649. The standard InChI is InChI=1S/C14H20O2/c1-4-10-15-14(6-3)16-13-9-7-8-12(5-2)11-13/h5,7-9,11,14H,2,4,6,10H2,1,3H3. The lowest BCUT2D eigenvalue weighted by Gasteiger charge is -2.17. The summed E-state index contributed by atoms with van der Waals surface area (Å²) in [6.07, 6.45) is 3.51. The maximum absolute atomic E-state index is 5.74. The van der Waals surface area contributed by atoms with Gasteiger partial charge in [0, 0.05) is 6.42 Å².